The first kappa shape index (κ1) is 13.1. The molecule has 1 amide bonds. The topological polar surface area (TPSA) is 60.8 Å². The van der Waals surface area contributed by atoms with Crippen LogP contribution < -0.4 is 0 Å². The van der Waals surface area contributed by atoms with Gasteiger partial charge < -0.3 is 15.1 Å². The SMILES string of the molecule is CC1(C)CN(C(=O)c2cccc(O)c2O)CCS1. The van der Waals surface area contributed by atoms with Gasteiger partial charge in [0.05, 0.1) is 5.56 Å². The fraction of sp³-hybridized carbons (Fsp3) is 0.462. The van der Waals surface area contributed by atoms with Gasteiger partial charge in [-0.3, -0.25) is 4.79 Å². The van der Waals surface area contributed by atoms with E-state index in [0.29, 0.717) is 13.1 Å². The number of thioether (sulfide) groups is 1. The molecule has 5 heteroatoms. The Morgan fingerprint density at radius 3 is 2.78 bits per heavy atom. The highest BCUT2D eigenvalue weighted by molar-refractivity contribution is 8.00. The minimum atomic E-state index is -0.335. The van der Waals surface area contributed by atoms with Crippen molar-refractivity contribution in [2.45, 2.75) is 18.6 Å². The van der Waals surface area contributed by atoms with Gasteiger partial charge in [-0.15, -0.1) is 0 Å². The summed E-state index contributed by atoms with van der Waals surface area (Å²) in [5.74, 6) is 0.0694. The first-order valence-electron chi connectivity index (χ1n) is 5.85. The number of aromatic hydroxyl groups is 2. The lowest BCUT2D eigenvalue weighted by Crippen LogP contribution is -2.46. The molecule has 98 valence electrons. The van der Waals surface area contributed by atoms with Gasteiger partial charge >= 0.3 is 0 Å². The Labute approximate surface area is 111 Å². The fourth-order valence-corrected chi connectivity index (χ4v) is 3.18. The van der Waals surface area contributed by atoms with Crippen LogP contribution in [0.1, 0.15) is 24.2 Å². The molecule has 0 aromatic heterocycles. The number of hydrogen-bond donors (Lipinski definition) is 2. The van der Waals surface area contributed by atoms with Crippen LogP contribution in [0.5, 0.6) is 11.5 Å². The van der Waals surface area contributed by atoms with Crippen LogP contribution in [-0.4, -0.2) is 44.6 Å². The summed E-state index contributed by atoms with van der Waals surface area (Å²) in [5, 5.41) is 19.2. The molecular formula is C13H17NO3S. The minimum absolute atomic E-state index is 0.0281. The van der Waals surface area contributed by atoms with E-state index in [1.165, 1.54) is 12.1 Å². The van der Waals surface area contributed by atoms with Crippen LogP contribution in [0, 0.1) is 0 Å². The molecule has 1 fully saturated rings. The third-order valence-electron chi connectivity index (χ3n) is 2.96. The molecule has 1 heterocycles. The van der Waals surface area contributed by atoms with Gasteiger partial charge in [-0.05, 0) is 26.0 Å². The number of rotatable bonds is 1. The van der Waals surface area contributed by atoms with Gasteiger partial charge in [-0.1, -0.05) is 6.07 Å². The highest BCUT2D eigenvalue weighted by Gasteiger charge is 2.31. The van der Waals surface area contributed by atoms with E-state index in [0.717, 1.165) is 5.75 Å². The lowest BCUT2D eigenvalue weighted by molar-refractivity contribution is 0.0744. The van der Waals surface area contributed by atoms with Crippen LogP contribution in [0.3, 0.4) is 0 Å². The summed E-state index contributed by atoms with van der Waals surface area (Å²) < 4.78 is 0.0281. The van der Waals surface area contributed by atoms with Crippen molar-refractivity contribution in [3.8, 4) is 11.5 Å². The van der Waals surface area contributed by atoms with Crippen molar-refractivity contribution in [3.05, 3.63) is 23.8 Å². The van der Waals surface area contributed by atoms with E-state index in [-0.39, 0.29) is 27.7 Å². The highest BCUT2D eigenvalue weighted by atomic mass is 32.2. The zero-order valence-electron chi connectivity index (χ0n) is 10.5. The summed E-state index contributed by atoms with van der Waals surface area (Å²) in [6, 6.07) is 4.46. The van der Waals surface area contributed by atoms with E-state index in [1.807, 2.05) is 11.8 Å². The largest absolute Gasteiger partial charge is 0.504 e. The smallest absolute Gasteiger partial charge is 0.257 e. The molecule has 18 heavy (non-hydrogen) atoms. The molecule has 0 radical (unpaired) electrons. The molecule has 0 bridgehead atoms. The Morgan fingerprint density at radius 2 is 2.11 bits per heavy atom. The Kier molecular flexibility index (Phi) is 3.43. The van der Waals surface area contributed by atoms with Crippen LogP contribution in [0.4, 0.5) is 0 Å². The van der Waals surface area contributed by atoms with Crippen LogP contribution in [0.15, 0.2) is 18.2 Å². The van der Waals surface area contributed by atoms with Crippen molar-refractivity contribution in [3.63, 3.8) is 0 Å². The first-order chi connectivity index (χ1) is 8.41. The van der Waals surface area contributed by atoms with E-state index < -0.39 is 0 Å². The number of phenols is 2. The number of amides is 1. The average Bonchev–Trinajstić information content (AvgIpc) is 2.30. The van der Waals surface area contributed by atoms with Crippen molar-refractivity contribution in [2.24, 2.45) is 0 Å². The van der Waals surface area contributed by atoms with Gasteiger partial charge in [0.15, 0.2) is 11.5 Å². The van der Waals surface area contributed by atoms with Crippen molar-refractivity contribution in [2.75, 3.05) is 18.8 Å². The van der Waals surface area contributed by atoms with Gasteiger partial charge in [-0.2, -0.15) is 11.8 Å². The van der Waals surface area contributed by atoms with Crippen molar-refractivity contribution < 1.29 is 15.0 Å². The number of carbonyl (C=O) groups excluding carboxylic acids is 1. The minimum Gasteiger partial charge on any atom is -0.504 e. The van der Waals surface area contributed by atoms with Gasteiger partial charge in [0.2, 0.25) is 0 Å². The number of benzene rings is 1. The van der Waals surface area contributed by atoms with Gasteiger partial charge in [0.25, 0.3) is 5.91 Å². The predicted molar refractivity (Wildman–Crippen MR) is 72.2 cm³/mol. The lowest BCUT2D eigenvalue weighted by Gasteiger charge is -2.37. The second-order valence-corrected chi connectivity index (χ2v) is 6.81. The molecule has 1 aromatic carbocycles. The monoisotopic (exact) mass is 267 g/mol. The zero-order valence-corrected chi connectivity index (χ0v) is 11.3. The molecule has 0 atom stereocenters. The Morgan fingerprint density at radius 1 is 1.39 bits per heavy atom. The maximum Gasteiger partial charge on any atom is 0.257 e. The standard InChI is InChI=1S/C13H17NO3S/c1-13(2)8-14(6-7-18-13)12(17)9-4-3-5-10(15)11(9)16/h3-5,15-16H,6-8H2,1-2H3. The zero-order chi connectivity index (χ0) is 13.3. The quantitative estimate of drug-likeness (QED) is 0.765. The van der Waals surface area contributed by atoms with Crippen molar-refractivity contribution in [1.29, 1.82) is 0 Å². The summed E-state index contributed by atoms with van der Waals surface area (Å²) >= 11 is 1.84. The summed E-state index contributed by atoms with van der Waals surface area (Å²) in [6.45, 7) is 5.51. The fourth-order valence-electron chi connectivity index (χ4n) is 2.06. The molecule has 1 aliphatic heterocycles. The third-order valence-corrected chi connectivity index (χ3v) is 4.26. The van der Waals surface area contributed by atoms with Crippen molar-refractivity contribution >= 4 is 17.7 Å². The summed E-state index contributed by atoms with van der Waals surface area (Å²) in [7, 11) is 0. The maximum atomic E-state index is 12.3. The Balaban J connectivity index is 2.23. The lowest BCUT2D eigenvalue weighted by atomic mass is 10.1. The highest BCUT2D eigenvalue weighted by Crippen LogP contribution is 2.33. The van der Waals surface area contributed by atoms with Gasteiger partial charge in [0.1, 0.15) is 0 Å². The van der Waals surface area contributed by atoms with Crippen molar-refractivity contribution in [1.82, 2.24) is 4.90 Å². The number of hydrogen-bond acceptors (Lipinski definition) is 4. The molecule has 2 N–H and O–H groups in total. The summed E-state index contributed by atoms with van der Waals surface area (Å²) in [6.07, 6.45) is 0. The molecular weight excluding hydrogens is 250 g/mol. The van der Waals surface area contributed by atoms with Crippen LogP contribution in [-0.2, 0) is 0 Å². The van der Waals surface area contributed by atoms with Crippen LogP contribution in [0.25, 0.3) is 0 Å². The van der Waals surface area contributed by atoms with Gasteiger partial charge in [-0.25, -0.2) is 0 Å². The van der Waals surface area contributed by atoms with E-state index in [2.05, 4.69) is 13.8 Å². The Bertz CT molecular complexity index is 473. The van der Waals surface area contributed by atoms with E-state index in [1.54, 1.807) is 11.0 Å². The van der Waals surface area contributed by atoms with Gasteiger partial charge in [0, 0.05) is 23.6 Å². The number of nitrogens with zero attached hydrogens (tertiary/aromatic N) is 1. The van der Waals surface area contributed by atoms with E-state index >= 15 is 0 Å². The van der Waals surface area contributed by atoms with E-state index in [4.69, 9.17) is 0 Å². The molecule has 0 unspecified atom stereocenters. The average molecular weight is 267 g/mol. The molecule has 1 aromatic rings. The number of carbonyl (C=O) groups is 1. The molecule has 0 aliphatic carbocycles. The molecule has 1 saturated heterocycles. The second kappa shape index (κ2) is 4.72. The third kappa shape index (κ3) is 2.56. The Hall–Kier alpha value is -1.36. The summed E-state index contributed by atoms with van der Waals surface area (Å²) in [4.78, 5) is 14.0. The van der Waals surface area contributed by atoms with Crippen LogP contribution in [0.2, 0.25) is 0 Å². The molecule has 0 spiro atoms. The normalized spacial score (nSPS) is 18.7. The molecule has 1 aliphatic rings. The molecule has 4 nitrogen and oxygen atoms in total. The van der Waals surface area contributed by atoms with Crippen LogP contribution >= 0.6 is 11.8 Å². The number of para-hydroxylation sites is 1. The number of phenolic OH excluding ortho intramolecular Hbond substituents is 2. The maximum absolute atomic E-state index is 12.3. The second-order valence-electron chi connectivity index (χ2n) is 5.01. The molecule has 0 saturated carbocycles. The predicted octanol–water partition coefficient (Wildman–Crippen LogP) is 2.07. The summed E-state index contributed by atoms with van der Waals surface area (Å²) in [5.41, 5.74) is 0.165. The van der Waals surface area contributed by atoms with E-state index in [9.17, 15) is 15.0 Å². The molecule has 2 rings (SSSR count). The first-order valence-corrected chi connectivity index (χ1v) is 6.83.